The number of rotatable bonds is 5. The van der Waals surface area contributed by atoms with Gasteiger partial charge in [0.25, 0.3) is 0 Å². The van der Waals surface area contributed by atoms with Gasteiger partial charge in [0.1, 0.15) is 17.2 Å². The van der Waals surface area contributed by atoms with E-state index in [0.29, 0.717) is 21.5 Å². The van der Waals surface area contributed by atoms with E-state index in [-0.39, 0.29) is 17.5 Å². The van der Waals surface area contributed by atoms with E-state index in [1.807, 2.05) is 19.1 Å². The zero-order chi connectivity index (χ0) is 19.7. The largest absolute Gasteiger partial charge is 0.310 e. The molecule has 2 aromatic carbocycles. The SMILES string of the molecule is Cc1cc(NC(=O)CSc2ccc(Cl)cc2)n(-c2nc3c(F)cccc3s2)n1. The number of hydrogen-bond acceptors (Lipinski definition) is 5. The topological polar surface area (TPSA) is 59.8 Å². The van der Waals surface area contributed by atoms with Gasteiger partial charge in [-0.1, -0.05) is 29.0 Å². The molecular formula is C19H14ClFN4OS2. The zero-order valence-corrected chi connectivity index (χ0v) is 17.0. The summed E-state index contributed by atoms with van der Waals surface area (Å²) < 4.78 is 16.2. The lowest BCUT2D eigenvalue weighted by molar-refractivity contribution is -0.113. The third kappa shape index (κ3) is 4.04. The molecule has 9 heteroatoms. The van der Waals surface area contributed by atoms with Crippen molar-refractivity contribution in [2.45, 2.75) is 11.8 Å². The summed E-state index contributed by atoms with van der Waals surface area (Å²) in [6.07, 6.45) is 0. The van der Waals surface area contributed by atoms with E-state index in [4.69, 9.17) is 11.6 Å². The van der Waals surface area contributed by atoms with Crippen molar-refractivity contribution >= 4 is 56.6 Å². The maximum Gasteiger partial charge on any atom is 0.235 e. The van der Waals surface area contributed by atoms with Crippen molar-refractivity contribution in [2.75, 3.05) is 11.1 Å². The third-order valence-corrected chi connectivity index (χ3v) is 6.08. The van der Waals surface area contributed by atoms with Crippen molar-refractivity contribution in [2.24, 2.45) is 0 Å². The normalized spacial score (nSPS) is 11.1. The standard InChI is InChI=1S/C19H14ClFN4OS2/c1-11-9-16(22-17(26)10-27-13-7-5-12(20)6-8-13)25(24-11)19-23-18-14(21)3-2-4-15(18)28-19/h2-9H,10H2,1H3,(H,22,26). The number of nitrogens with zero attached hydrogens (tertiary/aromatic N) is 3. The molecule has 1 N–H and O–H groups in total. The molecule has 2 aromatic heterocycles. The van der Waals surface area contributed by atoms with Crippen LogP contribution in [0.5, 0.6) is 0 Å². The number of para-hydroxylation sites is 1. The first-order chi connectivity index (χ1) is 13.5. The first kappa shape index (κ1) is 18.9. The molecular weight excluding hydrogens is 419 g/mol. The number of halogens is 2. The fourth-order valence-electron chi connectivity index (χ4n) is 2.59. The fraction of sp³-hybridized carbons (Fsp3) is 0.105. The molecule has 0 aliphatic carbocycles. The average Bonchev–Trinajstić information content (AvgIpc) is 3.25. The summed E-state index contributed by atoms with van der Waals surface area (Å²) in [5, 5.41) is 8.40. The Morgan fingerprint density at radius 1 is 1.29 bits per heavy atom. The molecule has 4 rings (SSSR count). The minimum Gasteiger partial charge on any atom is -0.310 e. The van der Waals surface area contributed by atoms with Crippen LogP contribution in [0.25, 0.3) is 15.3 Å². The van der Waals surface area contributed by atoms with Crippen molar-refractivity contribution < 1.29 is 9.18 Å². The van der Waals surface area contributed by atoms with Crippen LogP contribution < -0.4 is 5.32 Å². The average molecular weight is 433 g/mol. The Hall–Kier alpha value is -2.42. The Morgan fingerprint density at radius 3 is 2.82 bits per heavy atom. The molecule has 0 aliphatic rings. The van der Waals surface area contributed by atoms with Crippen molar-refractivity contribution in [3.63, 3.8) is 0 Å². The van der Waals surface area contributed by atoms with Crippen LogP contribution in [0.1, 0.15) is 5.69 Å². The minimum absolute atomic E-state index is 0.173. The van der Waals surface area contributed by atoms with Gasteiger partial charge in [0.2, 0.25) is 11.0 Å². The molecule has 0 atom stereocenters. The Labute approximate surface area is 173 Å². The van der Waals surface area contributed by atoms with Crippen LogP contribution >= 0.6 is 34.7 Å². The second kappa shape index (κ2) is 7.90. The molecule has 0 unspecified atom stereocenters. The van der Waals surface area contributed by atoms with Crippen molar-refractivity contribution in [1.82, 2.24) is 14.8 Å². The molecule has 0 fully saturated rings. The van der Waals surface area contributed by atoms with Gasteiger partial charge in [-0.25, -0.2) is 9.37 Å². The smallest absolute Gasteiger partial charge is 0.235 e. The van der Waals surface area contributed by atoms with Crippen LogP contribution in [-0.2, 0) is 4.79 Å². The number of benzene rings is 2. The van der Waals surface area contributed by atoms with Gasteiger partial charge in [-0.05, 0) is 43.3 Å². The summed E-state index contributed by atoms with van der Waals surface area (Å²) in [5.41, 5.74) is 1.02. The summed E-state index contributed by atoms with van der Waals surface area (Å²) in [6, 6.07) is 13.9. The molecule has 0 radical (unpaired) electrons. The monoisotopic (exact) mass is 432 g/mol. The second-order valence-corrected chi connectivity index (χ2v) is 8.45. The first-order valence-corrected chi connectivity index (χ1v) is 10.5. The van der Waals surface area contributed by atoms with Crippen molar-refractivity contribution in [3.05, 3.63) is 65.1 Å². The Balaban J connectivity index is 1.53. The lowest BCUT2D eigenvalue weighted by atomic mass is 10.3. The third-order valence-electron chi connectivity index (χ3n) is 3.82. The van der Waals surface area contributed by atoms with E-state index in [1.54, 1.807) is 30.3 Å². The highest BCUT2D eigenvalue weighted by atomic mass is 35.5. The number of nitrogens with one attached hydrogen (secondary N) is 1. The highest BCUT2D eigenvalue weighted by Crippen LogP contribution is 2.29. The first-order valence-electron chi connectivity index (χ1n) is 8.30. The number of amides is 1. The van der Waals surface area contributed by atoms with Crippen LogP contribution in [0.4, 0.5) is 10.2 Å². The lowest BCUT2D eigenvalue weighted by Crippen LogP contribution is -2.16. The number of anilines is 1. The van der Waals surface area contributed by atoms with E-state index in [1.165, 1.54) is 33.8 Å². The molecule has 2 heterocycles. The van der Waals surface area contributed by atoms with Gasteiger partial charge in [0.05, 0.1) is 16.1 Å². The van der Waals surface area contributed by atoms with Gasteiger partial charge in [-0.2, -0.15) is 9.78 Å². The molecule has 28 heavy (non-hydrogen) atoms. The number of carbonyl (C=O) groups is 1. The molecule has 0 aliphatic heterocycles. The molecule has 0 saturated carbocycles. The highest BCUT2D eigenvalue weighted by molar-refractivity contribution is 8.00. The van der Waals surface area contributed by atoms with Crippen LogP contribution in [0.2, 0.25) is 5.02 Å². The van der Waals surface area contributed by atoms with E-state index in [9.17, 15) is 9.18 Å². The van der Waals surface area contributed by atoms with Crippen LogP contribution in [0, 0.1) is 12.7 Å². The van der Waals surface area contributed by atoms with Crippen LogP contribution in [-0.4, -0.2) is 26.4 Å². The van der Waals surface area contributed by atoms with E-state index < -0.39 is 0 Å². The number of carbonyl (C=O) groups excluding carboxylic acids is 1. The fourth-order valence-corrected chi connectivity index (χ4v) is 4.36. The minimum atomic E-state index is -0.381. The number of thioether (sulfide) groups is 1. The summed E-state index contributed by atoms with van der Waals surface area (Å²) in [6.45, 7) is 1.82. The molecule has 0 bridgehead atoms. The number of thiazole rings is 1. The molecule has 0 spiro atoms. The summed E-state index contributed by atoms with van der Waals surface area (Å²) in [7, 11) is 0. The molecule has 1 amide bonds. The lowest BCUT2D eigenvalue weighted by Gasteiger charge is -2.06. The molecule has 0 saturated heterocycles. The van der Waals surface area contributed by atoms with Crippen LogP contribution in [0.3, 0.4) is 0 Å². The quantitative estimate of drug-likeness (QED) is 0.434. The second-order valence-electron chi connectivity index (χ2n) is 5.96. The maximum atomic E-state index is 14.0. The number of hydrogen-bond donors (Lipinski definition) is 1. The Morgan fingerprint density at radius 2 is 2.07 bits per heavy atom. The van der Waals surface area contributed by atoms with Gasteiger partial charge >= 0.3 is 0 Å². The van der Waals surface area contributed by atoms with Gasteiger partial charge in [0.15, 0.2) is 0 Å². The van der Waals surface area contributed by atoms with Gasteiger partial charge < -0.3 is 5.32 Å². The number of aryl methyl sites for hydroxylation is 1. The van der Waals surface area contributed by atoms with Crippen molar-refractivity contribution in [1.29, 1.82) is 0 Å². The van der Waals surface area contributed by atoms with Crippen molar-refractivity contribution in [3.8, 4) is 5.13 Å². The van der Waals surface area contributed by atoms with E-state index >= 15 is 0 Å². The summed E-state index contributed by atoms with van der Waals surface area (Å²) in [5.74, 6) is 0.182. The summed E-state index contributed by atoms with van der Waals surface area (Å²) in [4.78, 5) is 17.7. The van der Waals surface area contributed by atoms with E-state index in [0.717, 1.165) is 15.3 Å². The van der Waals surface area contributed by atoms with Crippen LogP contribution in [0.15, 0.2) is 53.4 Å². The highest BCUT2D eigenvalue weighted by Gasteiger charge is 2.16. The number of fused-ring (bicyclic) bond motifs is 1. The predicted molar refractivity (Wildman–Crippen MR) is 112 cm³/mol. The predicted octanol–water partition coefficient (Wildman–Crippen LogP) is 5.31. The maximum absolute atomic E-state index is 14.0. The zero-order valence-electron chi connectivity index (χ0n) is 14.6. The Kier molecular flexibility index (Phi) is 5.34. The molecule has 5 nitrogen and oxygen atoms in total. The Bertz CT molecular complexity index is 1160. The molecule has 4 aromatic rings. The van der Waals surface area contributed by atoms with Gasteiger partial charge in [-0.15, -0.1) is 11.8 Å². The van der Waals surface area contributed by atoms with Gasteiger partial charge in [0, 0.05) is 16.0 Å². The van der Waals surface area contributed by atoms with E-state index in [2.05, 4.69) is 15.4 Å². The summed E-state index contributed by atoms with van der Waals surface area (Å²) >= 11 is 8.59. The molecule has 142 valence electrons. The van der Waals surface area contributed by atoms with Gasteiger partial charge in [-0.3, -0.25) is 4.79 Å². The number of aromatic nitrogens is 3.